The molecule has 124 valence electrons. The van der Waals surface area contributed by atoms with Crippen LogP contribution in [0.5, 0.6) is 0 Å². The summed E-state index contributed by atoms with van der Waals surface area (Å²) in [5, 5.41) is 7.34. The second-order valence-corrected chi connectivity index (χ2v) is 7.24. The first kappa shape index (κ1) is 15.5. The Balaban J connectivity index is 1.94. The van der Waals surface area contributed by atoms with Gasteiger partial charge in [-0.25, -0.2) is 18.5 Å². The van der Waals surface area contributed by atoms with Crippen LogP contribution in [0, 0.1) is 0 Å². The highest BCUT2D eigenvalue weighted by atomic mass is 32.2. The van der Waals surface area contributed by atoms with Gasteiger partial charge in [-0.15, -0.1) is 0 Å². The number of hydrogen-bond donors (Lipinski definition) is 2. The van der Waals surface area contributed by atoms with Crippen LogP contribution in [-0.2, 0) is 10.0 Å². The summed E-state index contributed by atoms with van der Waals surface area (Å²) in [6.45, 7) is 0. The van der Waals surface area contributed by atoms with Crippen molar-refractivity contribution in [1.82, 2.24) is 9.97 Å². The molecule has 6 nitrogen and oxygen atoms in total. The zero-order valence-electron chi connectivity index (χ0n) is 12.9. The standard InChI is InChI=1S/C18H13N3O3S/c19-25(23,24)13-6-3-11(4-7-13)12-5-8-15-16(10-12)14-2-1-9-20-17(14)21-18(15)22/h1-10H,(H2,19,23,24)(H,20,21,22). The smallest absolute Gasteiger partial charge is 0.257 e. The number of nitrogens with two attached hydrogens (primary N) is 1. The topological polar surface area (TPSA) is 106 Å². The van der Waals surface area contributed by atoms with Crippen molar-refractivity contribution in [2.45, 2.75) is 4.90 Å². The molecule has 2 aromatic heterocycles. The number of fused-ring (bicyclic) bond motifs is 3. The van der Waals surface area contributed by atoms with Crippen LogP contribution in [0.2, 0.25) is 0 Å². The molecule has 0 unspecified atom stereocenters. The van der Waals surface area contributed by atoms with Crippen molar-refractivity contribution < 1.29 is 8.42 Å². The van der Waals surface area contributed by atoms with Gasteiger partial charge in [-0.1, -0.05) is 18.2 Å². The molecule has 0 aliphatic carbocycles. The second-order valence-electron chi connectivity index (χ2n) is 5.68. The van der Waals surface area contributed by atoms with Crippen LogP contribution in [-0.4, -0.2) is 18.4 Å². The third-order valence-corrected chi connectivity index (χ3v) is 5.04. The minimum absolute atomic E-state index is 0.0585. The lowest BCUT2D eigenvalue weighted by Crippen LogP contribution is -2.11. The minimum Gasteiger partial charge on any atom is -0.306 e. The van der Waals surface area contributed by atoms with Crippen LogP contribution < -0.4 is 10.7 Å². The fourth-order valence-electron chi connectivity index (χ4n) is 2.88. The van der Waals surface area contributed by atoms with Crippen molar-refractivity contribution >= 4 is 31.8 Å². The zero-order chi connectivity index (χ0) is 17.6. The lowest BCUT2D eigenvalue weighted by Gasteiger charge is -2.07. The van der Waals surface area contributed by atoms with Gasteiger partial charge in [-0.05, 0) is 52.9 Å². The van der Waals surface area contributed by atoms with E-state index in [1.807, 2.05) is 24.3 Å². The van der Waals surface area contributed by atoms with Gasteiger partial charge in [0.1, 0.15) is 5.65 Å². The quantitative estimate of drug-likeness (QED) is 0.541. The van der Waals surface area contributed by atoms with E-state index in [9.17, 15) is 13.2 Å². The Labute approximate surface area is 143 Å². The number of benzene rings is 2. The second kappa shape index (κ2) is 5.51. The van der Waals surface area contributed by atoms with E-state index >= 15 is 0 Å². The highest BCUT2D eigenvalue weighted by molar-refractivity contribution is 7.89. The number of rotatable bonds is 2. The summed E-state index contributed by atoms with van der Waals surface area (Å²) in [4.78, 5) is 19.2. The number of pyridine rings is 2. The molecule has 0 fully saturated rings. The van der Waals surface area contributed by atoms with E-state index in [-0.39, 0.29) is 10.5 Å². The molecule has 7 heteroatoms. The molecule has 0 saturated carbocycles. The first-order valence-electron chi connectivity index (χ1n) is 7.47. The van der Waals surface area contributed by atoms with Gasteiger partial charge in [0.15, 0.2) is 0 Å². The Morgan fingerprint density at radius 2 is 1.60 bits per heavy atom. The molecule has 25 heavy (non-hydrogen) atoms. The van der Waals surface area contributed by atoms with Gasteiger partial charge in [0.2, 0.25) is 10.0 Å². The Hall–Kier alpha value is -3.03. The van der Waals surface area contributed by atoms with Crippen LogP contribution in [0.3, 0.4) is 0 Å². The number of H-pyrrole nitrogens is 1. The maximum atomic E-state index is 12.2. The molecule has 0 aliphatic heterocycles. The number of hydrogen-bond acceptors (Lipinski definition) is 4. The van der Waals surface area contributed by atoms with Crippen LogP contribution in [0.1, 0.15) is 0 Å². The average molecular weight is 351 g/mol. The predicted molar refractivity (Wildman–Crippen MR) is 96.7 cm³/mol. The van der Waals surface area contributed by atoms with E-state index < -0.39 is 10.0 Å². The van der Waals surface area contributed by atoms with Crippen molar-refractivity contribution in [1.29, 1.82) is 0 Å². The number of nitrogens with one attached hydrogen (secondary N) is 1. The van der Waals surface area contributed by atoms with Crippen LogP contribution in [0.4, 0.5) is 0 Å². The van der Waals surface area contributed by atoms with Gasteiger partial charge in [0.05, 0.1) is 4.90 Å². The molecule has 4 rings (SSSR count). The molecule has 3 N–H and O–H groups in total. The van der Waals surface area contributed by atoms with E-state index in [4.69, 9.17) is 5.14 Å². The maximum absolute atomic E-state index is 12.2. The zero-order valence-corrected chi connectivity index (χ0v) is 13.7. The maximum Gasteiger partial charge on any atom is 0.257 e. The number of aromatic nitrogens is 2. The summed E-state index contributed by atoms with van der Waals surface area (Å²) >= 11 is 0. The van der Waals surface area contributed by atoms with E-state index in [0.717, 1.165) is 21.9 Å². The van der Waals surface area contributed by atoms with Gasteiger partial charge in [0.25, 0.3) is 5.56 Å². The molecular formula is C18H13N3O3S. The number of aromatic amines is 1. The predicted octanol–water partition coefficient (Wildman–Crippen LogP) is 2.39. The van der Waals surface area contributed by atoms with Crippen LogP contribution in [0.25, 0.3) is 32.9 Å². The van der Waals surface area contributed by atoms with Gasteiger partial charge in [-0.3, -0.25) is 4.79 Å². The summed E-state index contributed by atoms with van der Waals surface area (Å²) in [7, 11) is -3.72. The number of primary sulfonamides is 1. The molecule has 2 aromatic carbocycles. The lowest BCUT2D eigenvalue weighted by atomic mass is 10.0. The molecular weight excluding hydrogens is 338 g/mol. The van der Waals surface area contributed by atoms with Crippen molar-refractivity contribution in [2.75, 3.05) is 0 Å². The molecule has 2 heterocycles. The SMILES string of the molecule is NS(=O)(=O)c1ccc(-c2ccc3c(=O)[nH]c4ncccc4c3c2)cc1. The molecule has 0 amide bonds. The third-order valence-electron chi connectivity index (χ3n) is 4.11. The van der Waals surface area contributed by atoms with E-state index in [1.165, 1.54) is 12.1 Å². The lowest BCUT2D eigenvalue weighted by molar-refractivity contribution is 0.598. The monoisotopic (exact) mass is 351 g/mol. The highest BCUT2D eigenvalue weighted by Gasteiger charge is 2.10. The first-order valence-corrected chi connectivity index (χ1v) is 9.02. The number of sulfonamides is 1. The fraction of sp³-hybridized carbons (Fsp3) is 0. The van der Waals surface area contributed by atoms with Crippen molar-refractivity contribution in [3.63, 3.8) is 0 Å². The molecule has 0 radical (unpaired) electrons. The summed E-state index contributed by atoms with van der Waals surface area (Å²) in [5.41, 5.74) is 2.02. The molecule has 4 aromatic rings. The first-order chi connectivity index (χ1) is 11.9. The fourth-order valence-corrected chi connectivity index (χ4v) is 3.39. The normalized spacial score (nSPS) is 11.9. The Morgan fingerprint density at radius 3 is 2.32 bits per heavy atom. The highest BCUT2D eigenvalue weighted by Crippen LogP contribution is 2.27. The number of nitrogens with zero attached hydrogens (tertiary/aromatic N) is 1. The summed E-state index contributed by atoms with van der Waals surface area (Å²) in [6, 6.07) is 15.5. The largest absolute Gasteiger partial charge is 0.306 e. The molecule has 0 bridgehead atoms. The molecule has 0 spiro atoms. The Bertz CT molecular complexity index is 1280. The molecule has 0 aliphatic rings. The van der Waals surface area contributed by atoms with E-state index in [0.29, 0.717) is 11.0 Å². The van der Waals surface area contributed by atoms with Gasteiger partial charge in [-0.2, -0.15) is 0 Å². The third kappa shape index (κ3) is 2.69. The summed E-state index contributed by atoms with van der Waals surface area (Å²) < 4.78 is 22.7. The Kier molecular flexibility index (Phi) is 3.41. The van der Waals surface area contributed by atoms with Gasteiger partial charge < -0.3 is 4.98 Å². The summed E-state index contributed by atoms with van der Waals surface area (Å²) in [6.07, 6.45) is 1.62. The van der Waals surface area contributed by atoms with E-state index in [2.05, 4.69) is 9.97 Å². The van der Waals surface area contributed by atoms with Crippen molar-refractivity contribution in [3.05, 3.63) is 71.1 Å². The average Bonchev–Trinajstić information content (AvgIpc) is 2.61. The van der Waals surface area contributed by atoms with Gasteiger partial charge >= 0.3 is 0 Å². The van der Waals surface area contributed by atoms with Crippen molar-refractivity contribution in [3.8, 4) is 11.1 Å². The molecule has 0 saturated heterocycles. The van der Waals surface area contributed by atoms with Gasteiger partial charge in [0, 0.05) is 17.0 Å². The molecule has 0 atom stereocenters. The Morgan fingerprint density at radius 1 is 0.880 bits per heavy atom. The van der Waals surface area contributed by atoms with Crippen molar-refractivity contribution in [2.24, 2.45) is 5.14 Å². The summed E-state index contributed by atoms with van der Waals surface area (Å²) in [5.74, 6) is 0. The van der Waals surface area contributed by atoms with Crippen LogP contribution >= 0.6 is 0 Å². The van der Waals surface area contributed by atoms with Crippen LogP contribution in [0.15, 0.2) is 70.5 Å². The van der Waals surface area contributed by atoms with E-state index in [1.54, 1.807) is 24.4 Å². The minimum atomic E-state index is -3.72.